The molecule has 1 aliphatic rings. The average Bonchev–Trinajstić information content (AvgIpc) is 3.12. The van der Waals surface area contributed by atoms with Crippen molar-refractivity contribution in [2.75, 3.05) is 13.2 Å². The van der Waals surface area contributed by atoms with Crippen LogP contribution < -0.4 is 5.32 Å². The Morgan fingerprint density at radius 2 is 2.03 bits per heavy atom. The van der Waals surface area contributed by atoms with E-state index < -0.39 is 17.5 Å². The van der Waals surface area contributed by atoms with Gasteiger partial charge in [0, 0.05) is 16.5 Å². The van der Waals surface area contributed by atoms with Crippen molar-refractivity contribution in [2.24, 2.45) is 5.92 Å². The van der Waals surface area contributed by atoms with Gasteiger partial charge in [0.05, 0.1) is 36.7 Å². The first-order valence-corrected chi connectivity index (χ1v) is 9.46. The summed E-state index contributed by atoms with van der Waals surface area (Å²) >= 11 is 6.11. The van der Waals surface area contributed by atoms with Gasteiger partial charge in [-0.2, -0.15) is 5.10 Å². The van der Waals surface area contributed by atoms with Gasteiger partial charge in [-0.25, -0.2) is 8.78 Å². The normalized spacial score (nSPS) is 15.0. The van der Waals surface area contributed by atoms with E-state index in [0.717, 1.165) is 17.7 Å². The van der Waals surface area contributed by atoms with E-state index >= 15 is 0 Å². The van der Waals surface area contributed by atoms with E-state index in [1.807, 2.05) is 12.1 Å². The number of carbonyl (C=O) groups is 1. The zero-order valence-corrected chi connectivity index (χ0v) is 16.3. The van der Waals surface area contributed by atoms with Crippen LogP contribution in [-0.4, -0.2) is 29.3 Å². The number of nitrogens with zero attached hydrogens (tertiary/aromatic N) is 1. The summed E-state index contributed by atoms with van der Waals surface area (Å²) in [5.41, 5.74) is 1.19. The van der Waals surface area contributed by atoms with Crippen LogP contribution >= 0.6 is 11.6 Å². The van der Waals surface area contributed by atoms with Gasteiger partial charge in [-0.1, -0.05) is 23.7 Å². The Morgan fingerprint density at radius 3 is 2.72 bits per heavy atom. The van der Waals surface area contributed by atoms with Crippen molar-refractivity contribution in [1.29, 1.82) is 0 Å². The number of benzene rings is 2. The standard InChI is InChI=1S/C21H18ClF2N3O2/c1-11-16(23)5-6-17(24)18(11)20-15(8-25-27-20)21(28)26-19(13-9-29-10-13)12-3-2-4-14(22)7-12/h2-8,13,19H,9-10H2,1H3,(H,25,27)(H,26,28)/t19-/m1/s1. The van der Waals surface area contributed by atoms with Crippen molar-refractivity contribution in [3.63, 3.8) is 0 Å². The van der Waals surface area contributed by atoms with Crippen LogP contribution in [0.1, 0.15) is 27.5 Å². The Bertz CT molecular complexity index is 1070. The van der Waals surface area contributed by atoms with Crippen LogP contribution in [-0.2, 0) is 4.74 Å². The van der Waals surface area contributed by atoms with E-state index in [2.05, 4.69) is 15.5 Å². The van der Waals surface area contributed by atoms with Gasteiger partial charge in [0.15, 0.2) is 0 Å². The summed E-state index contributed by atoms with van der Waals surface area (Å²) in [5, 5.41) is 10.0. The minimum atomic E-state index is -0.638. The van der Waals surface area contributed by atoms with Gasteiger partial charge < -0.3 is 10.1 Å². The third kappa shape index (κ3) is 3.75. The molecule has 0 bridgehead atoms. The highest BCUT2D eigenvalue weighted by Gasteiger charge is 2.32. The maximum Gasteiger partial charge on any atom is 0.255 e. The number of aromatic nitrogens is 2. The van der Waals surface area contributed by atoms with Gasteiger partial charge in [-0.05, 0) is 42.3 Å². The van der Waals surface area contributed by atoms with Gasteiger partial charge in [-0.15, -0.1) is 0 Å². The number of H-pyrrole nitrogens is 1. The second-order valence-corrected chi connectivity index (χ2v) is 7.43. The molecule has 1 aromatic heterocycles. The molecule has 0 radical (unpaired) electrons. The number of ether oxygens (including phenoxy) is 1. The molecule has 0 aliphatic carbocycles. The maximum absolute atomic E-state index is 14.4. The van der Waals surface area contributed by atoms with Crippen LogP contribution in [0.3, 0.4) is 0 Å². The topological polar surface area (TPSA) is 67.0 Å². The molecule has 1 amide bonds. The van der Waals surface area contributed by atoms with Crippen molar-refractivity contribution < 1.29 is 18.3 Å². The number of rotatable bonds is 5. The Labute approximate surface area is 171 Å². The molecule has 29 heavy (non-hydrogen) atoms. The van der Waals surface area contributed by atoms with Crippen LogP contribution in [0.4, 0.5) is 8.78 Å². The fourth-order valence-corrected chi connectivity index (χ4v) is 3.65. The fraction of sp³-hybridized carbons (Fsp3) is 0.238. The van der Waals surface area contributed by atoms with Gasteiger partial charge in [-0.3, -0.25) is 9.89 Å². The quantitative estimate of drug-likeness (QED) is 0.645. The highest BCUT2D eigenvalue weighted by atomic mass is 35.5. The molecule has 8 heteroatoms. The van der Waals surface area contributed by atoms with Gasteiger partial charge in [0.25, 0.3) is 5.91 Å². The highest BCUT2D eigenvalue weighted by molar-refractivity contribution is 6.30. The molecular weight excluding hydrogens is 400 g/mol. The molecule has 5 nitrogen and oxygen atoms in total. The Kier molecular flexibility index (Phi) is 5.34. The third-order valence-electron chi connectivity index (χ3n) is 5.11. The molecule has 0 saturated carbocycles. The summed E-state index contributed by atoms with van der Waals surface area (Å²) in [6, 6.07) is 8.97. The first kappa shape index (κ1) is 19.5. The monoisotopic (exact) mass is 417 g/mol. The van der Waals surface area contributed by atoms with Crippen molar-refractivity contribution in [1.82, 2.24) is 15.5 Å². The van der Waals surface area contributed by atoms with Gasteiger partial charge in [0.1, 0.15) is 11.6 Å². The molecule has 3 aromatic rings. The van der Waals surface area contributed by atoms with Crippen molar-refractivity contribution in [3.8, 4) is 11.3 Å². The van der Waals surface area contributed by atoms with Crippen molar-refractivity contribution in [2.45, 2.75) is 13.0 Å². The van der Waals surface area contributed by atoms with Crippen LogP contribution in [0.15, 0.2) is 42.6 Å². The average molecular weight is 418 g/mol. The molecule has 1 atom stereocenters. The minimum Gasteiger partial charge on any atom is -0.381 e. The summed E-state index contributed by atoms with van der Waals surface area (Å²) in [6.45, 7) is 2.47. The maximum atomic E-state index is 14.4. The SMILES string of the molecule is Cc1c(F)ccc(F)c1-c1[nH]ncc1C(=O)N[C@H](c1cccc(Cl)c1)C1COC1. The number of amides is 1. The molecule has 150 valence electrons. The number of hydrogen-bond donors (Lipinski definition) is 2. The Morgan fingerprint density at radius 1 is 1.28 bits per heavy atom. The Balaban J connectivity index is 1.67. The van der Waals surface area contributed by atoms with E-state index in [0.29, 0.717) is 18.2 Å². The summed E-state index contributed by atoms with van der Waals surface area (Å²) < 4.78 is 33.7. The molecule has 2 aromatic carbocycles. The largest absolute Gasteiger partial charge is 0.381 e. The number of halogens is 3. The molecule has 4 rings (SSSR count). The van der Waals surface area contributed by atoms with Gasteiger partial charge >= 0.3 is 0 Å². The lowest BCUT2D eigenvalue weighted by Crippen LogP contribution is -2.42. The first-order valence-electron chi connectivity index (χ1n) is 9.08. The summed E-state index contributed by atoms with van der Waals surface area (Å²) in [7, 11) is 0. The zero-order chi connectivity index (χ0) is 20.5. The predicted molar refractivity (Wildman–Crippen MR) is 105 cm³/mol. The van der Waals surface area contributed by atoms with E-state index in [1.54, 1.807) is 12.1 Å². The lowest BCUT2D eigenvalue weighted by molar-refractivity contribution is -0.0489. The van der Waals surface area contributed by atoms with E-state index in [-0.39, 0.29) is 34.3 Å². The molecule has 2 heterocycles. The summed E-state index contributed by atoms with van der Waals surface area (Å²) in [5.74, 6) is -1.57. The first-order chi connectivity index (χ1) is 14.0. The number of nitrogens with one attached hydrogen (secondary N) is 2. The lowest BCUT2D eigenvalue weighted by atomic mass is 9.91. The third-order valence-corrected chi connectivity index (χ3v) is 5.35. The van der Waals surface area contributed by atoms with Crippen LogP contribution in [0.2, 0.25) is 5.02 Å². The molecular formula is C21H18ClF2N3O2. The fourth-order valence-electron chi connectivity index (χ4n) is 3.45. The number of hydrogen-bond acceptors (Lipinski definition) is 3. The minimum absolute atomic E-state index is 0.0149. The molecule has 1 saturated heterocycles. The summed E-state index contributed by atoms with van der Waals surface area (Å²) in [6.07, 6.45) is 1.31. The number of carbonyl (C=O) groups excluding carboxylic acids is 1. The Hall–Kier alpha value is -2.77. The summed E-state index contributed by atoms with van der Waals surface area (Å²) in [4.78, 5) is 13.1. The predicted octanol–water partition coefficient (Wildman–Crippen LogP) is 4.43. The van der Waals surface area contributed by atoms with Crippen LogP contribution in [0, 0.1) is 24.5 Å². The molecule has 0 spiro atoms. The molecule has 0 unspecified atom stereocenters. The second kappa shape index (κ2) is 7.93. The van der Waals surface area contributed by atoms with Crippen LogP contribution in [0.25, 0.3) is 11.3 Å². The smallest absolute Gasteiger partial charge is 0.255 e. The second-order valence-electron chi connectivity index (χ2n) is 6.99. The van der Waals surface area contributed by atoms with E-state index in [1.165, 1.54) is 13.1 Å². The highest BCUT2D eigenvalue weighted by Crippen LogP contribution is 2.32. The van der Waals surface area contributed by atoms with E-state index in [9.17, 15) is 13.6 Å². The van der Waals surface area contributed by atoms with E-state index in [4.69, 9.17) is 16.3 Å². The number of aromatic amines is 1. The molecule has 1 aliphatic heterocycles. The molecule has 1 fully saturated rings. The lowest BCUT2D eigenvalue weighted by Gasteiger charge is -2.34. The van der Waals surface area contributed by atoms with Crippen LogP contribution in [0.5, 0.6) is 0 Å². The zero-order valence-electron chi connectivity index (χ0n) is 15.5. The van der Waals surface area contributed by atoms with Crippen molar-refractivity contribution in [3.05, 3.63) is 75.9 Å². The molecule has 2 N–H and O–H groups in total. The van der Waals surface area contributed by atoms with Gasteiger partial charge in [0.2, 0.25) is 0 Å². The van der Waals surface area contributed by atoms with Crippen molar-refractivity contribution >= 4 is 17.5 Å².